The van der Waals surface area contributed by atoms with Crippen molar-refractivity contribution >= 4 is 11.6 Å². The zero-order valence-electron chi connectivity index (χ0n) is 14.6. The highest BCUT2D eigenvalue weighted by Crippen LogP contribution is 2.20. The van der Waals surface area contributed by atoms with Crippen LogP contribution in [0, 0.1) is 0 Å². The molecule has 0 aromatic heterocycles. The van der Waals surface area contributed by atoms with E-state index < -0.39 is 6.10 Å². The van der Waals surface area contributed by atoms with E-state index in [9.17, 15) is 5.11 Å². The molecule has 1 atom stereocenters. The maximum absolute atomic E-state index is 10.3. The van der Waals surface area contributed by atoms with Gasteiger partial charge in [-0.05, 0) is 62.1 Å². The molecule has 0 saturated carbocycles. The summed E-state index contributed by atoms with van der Waals surface area (Å²) in [5.74, 6) is 0.876. The number of aryl methyl sites for hydroxylation is 1. The van der Waals surface area contributed by atoms with E-state index in [2.05, 4.69) is 31.3 Å². The van der Waals surface area contributed by atoms with Crippen LogP contribution >= 0.6 is 11.6 Å². The number of benzene rings is 2. The van der Waals surface area contributed by atoms with Gasteiger partial charge in [0.1, 0.15) is 5.75 Å². The van der Waals surface area contributed by atoms with Gasteiger partial charge in [-0.2, -0.15) is 0 Å². The minimum absolute atomic E-state index is 0.0700. The zero-order valence-corrected chi connectivity index (χ0v) is 15.3. The molecule has 1 unspecified atom stereocenters. The number of halogens is 1. The van der Waals surface area contributed by atoms with E-state index in [1.807, 2.05) is 30.3 Å². The Morgan fingerprint density at radius 1 is 1.17 bits per heavy atom. The summed E-state index contributed by atoms with van der Waals surface area (Å²) in [6, 6.07) is 15.5. The van der Waals surface area contributed by atoms with Gasteiger partial charge in [0.2, 0.25) is 0 Å². The number of rotatable bonds is 8. The van der Waals surface area contributed by atoms with Gasteiger partial charge in [-0.3, -0.25) is 0 Å². The van der Waals surface area contributed by atoms with Gasteiger partial charge in [0.15, 0.2) is 0 Å². The Morgan fingerprint density at radius 2 is 1.88 bits per heavy atom. The third-order valence-corrected chi connectivity index (χ3v) is 4.44. The number of hydrogen-bond donors (Lipinski definition) is 2. The topological polar surface area (TPSA) is 41.5 Å². The summed E-state index contributed by atoms with van der Waals surface area (Å²) in [6.45, 7) is 4.80. The quantitative estimate of drug-likeness (QED) is 0.744. The largest absolute Gasteiger partial charge is 0.497 e. The molecule has 2 aromatic rings. The van der Waals surface area contributed by atoms with Crippen LogP contribution in [0.3, 0.4) is 0 Å². The third kappa shape index (κ3) is 5.82. The van der Waals surface area contributed by atoms with Crippen LogP contribution in [-0.4, -0.2) is 24.3 Å². The molecule has 0 fully saturated rings. The second-order valence-corrected chi connectivity index (χ2v) is 7.12. The molecule has 4 heteroatoms. The fraction of sp³-hybridized carbons (Fsp3) is 0.400. The molecule has 2 rings (SSSR count). The van der Waals surface area contributed by atoms with E-state index in [1.54, 1.807) is 13.2 Å². The second-order valence-electron chi connectivity index (χ2n) is 6.68. The summed E-state index contributed by atoms with van der Waals surface area (Å²) < 4.78 is 5.18. The molecule has 0 heterocycles. The lowest BCUT2D eigenvalue weighted by Gasteiger charge is -2.28. The van der Waals surface area contributed by atoms with Gasteiger partial charge < -0.3 is 15.2 Å². The Kier molecular flexibility index (Phi) is 6.67. The average Bonchev–Trinajstić information content (AvgIpc) is 2.58. The summed E-state index contributed by atoms with van der Waals surface area (Å²) in [5.41, 5.74) is 2.04. The molecule has 3 nitrogen and oxygen atoms in total. The van der Waals surface area contributed by atoms with E-state index in [0.29, 0.717) is 11.6 Å². The van der Waals surface area contributed by atoms with Crippen molar-refractivity contribution < 1.29 is 9.84 Å². The molecule has 0 saturated heterocycles. The molecule has 24 heavy (non-hydrogen) atoms. The zero-order chi connectivity index (χ0) is 17.6. The predicted molar refractivity (Wildman–Crippen MR) is 99.8 cm³/mol. The average molecular weight is 348 g/mol. The van der Waals surface area contributed by atoms with Gasteiger partial charge in [0.25, 0.3) is 0 Å². The van der Waals surface area contributed by atoms with Gasteiger partial charge in [-0.1, -0.05) is 35.9 Å². The van der Waals surface area contributed by atoms with E-state index in [1.165, 1.54) is 5.56 Å². The summed E-state index contributed by atoms with van der Waals surface area (Å²) in [5, 5.41) is 14.4. The Bertz CT molecular complexity index is 640. The first-order valence-corrected chi connectivity index (χ1v) is 8.59. The van der Waals surface area contributed by atoms with Crippen LogP contribution in [0.4, 0.5) is 0 Å². The minimum atomic E-state index is -0.566. The Labute approximate surface area is 149 Å². The summed E-state index contributed by atoms with van der Waals surface area (Å²) in [6.07, 6.45) is 1.38. The molecule has 2 aromatic carbocycles. The first kappa shape index (κ1) is 18.8. The monoisotopic (exact) mass is 347 g/mol. The van der Waals surface area contributed by atoms with Crippen molar-refractivity contribution in [2.45, 2.75) is 38.3 Å². The smallest absolute Gasteiger partial charge is 0.118 e. The molecule has 0 bridgehead atoms. The van der Waals surface area contributed by atoms with Crippen LogP contribution in [0.15, 0.2) is 48.5 Å². The van der Waals surface area contributed by atoms with E-state index >= 15 is 0 Å². The number of aliphatic hydroxyl groups excluding tert-OH is 1. The number of hydrogen-bond acceptors (Lipinski definition) is 3. The highest BCUT2D eigenvalue weighted by atomic mass is 35.5. The number of aliphatic hydroxyl groups is 1. The van der Waals surface area contributed by atoms with Crippen molar-refractivity contribution in [2.75, 3.05) is 13.7 Å². The van der Waals surface area contributed by atoms with Crippen molar-refractivity contribution in [3.63, 3.8) is 0 Å². The van der Waals surface area contributed by atoms with E-state index in [-0.39, 0.29) is 5.54 Å². The van der Waals surface area contributed by atoms with Gasteiger partial charge in [0.05, 0.1) is 13.2 Å². The molecular weight excluding hydrogens is 322 g/mol. The van der Waals surface area contributed by atoms with Crippen molar-refractivity contribution in [3.05, 3.63) is 64.7 Å². The normalized spacial score (nSPS) is 12.9. The maximum atomic E-state index is 10.3. The number of nitrogens with one attached hydrogen (secondary N) is 1. The molecular formula is C20H26ClNO2. The van der Waals surface area contributed by atoms with Crippen molar-refractivity contribution in [1.82, 2.24) is 5.32 Å². The van der Waals surface area contributed by atoms with Gasteiger partial charge >= 0.3 is 0 Å². The molecule has 0 radical (unpaired) electrons. The molecule has 2 N–H and O–H groups in total. The first-order chi connectivity index (χ1) is 11.4. The number of β-amino-alcohol motifs (C(OH)–C–C–N with tert-alkyl or cyclic N) is 1. The first-order valence-electron chi connectivity index (χ1n) is 8.21. The Hall–Kier alpha value is -1.55. The summed E-state index contributed by atoms with van der Waals surface area (Å²) in [7, 11) is 1.67. The summed E-state index contributed by atoms with van der Waals surface area (Å²) >= 11 is 5.98. The minimum Gasteiger partial charge on any atom is -0.497 e. The van der Waals surface area contributed by atoms with Crippen molar-refractivity contribution in [3.8, 4) is 5.75 Å². The lowest BCUT2D eigenvalue weighted by molar-refractivity contribution is 0.159. The second kappa shape index (κ2) is 8.52. The van der Waals surface area contributed by atoms with Crippen LogP contribution < -0.4 is 10.1 Å². The standard InChI is InChI=1S/C20H26ClNO2/c1-20(2,12-11-15-7-9-18(24-3)10-8-15)22-14-19(23)16-5-4-6-17(21)13-16/h4-10,13,19,22-23H,11-12,14H2,1-3H3. The number of ether oxygens (including phenoxy) is 1. The van der Waals surface area contributed by atoms with Gasteiger partial charge in [-0.15, -0.1) is 0 Å². The maximum Gasteiger partial charge on any atom is 0.118 e. The molecule has 0 aliphatic carbocycles. The van der Waals surface area contributed by atoms with Crippen LogP contribution in [0.1, 0.15) is 37.5 Å². The molecule has 0 amide bonds. The van der Waals surface area contributed by atoms with Crippen LogP contribution in [-0.2, 0) is 6.42 Å². The van der Waals surface area contributed by atoms with Gasteiger partial charge in [0, 0.05) is 17.1 Å². The SMILES string of the molecule is COc1ccc(CCC(C)(C)NCC(O)c2cccc(Cl)c2)cc1. The van der Waals surface area contributed by atoms with Crippen LogP contribution in [0.5, 0.6) is 5.75 Å². The molecule has 130 valence electrons. The molecule has 0 spiro atoms. The Morgan fingerprint density at radius 3 is 2.50 bits per heavy atom. The fourth-order valence-electron chi connectivity index (χ4n) is 2.54. The highest BCUT2D eigenvalue weighted by molar-refractivity contribution is 6.30. The molecule has 0 aliphatic heterocycles. The fourth-order valence-corrected chi connectivity index (χ4v) is 2.74. The number of methoxy groups -OCH3 is 1. The predicted octanol–water partition coefficient (Wildman–Crippen LogP) is 4.38. The van der Waals surface area contributed by atoms with Crippen molar-refractivity contribution in [1.29, 1.82) is 0 Å². The lowest BCUT2D eigenvalue weighted by Crippen LogP contribution is -2.41. The van der Waals surface area contributed by atoms with E-state index in [0.717, 1.165) is 24.2 Å². The Balaban J connectivity index is 1.83. The third-order valence-electron chi connectivity index (χ3n) is 4.21. The van der Waals surface area contributed by atoms with Crippen LogP contribution in [0.2, 0.25) is 5.02 Å². The van der Waals surface area contributed by atoms with Gasteiger partial charge in [-0.25, -0.2) is 0 Å². The van der Waals surface area contributed by atoms with E-state index in [4.69, 9.17) is 16.3 Å². The van der Waals surface area contributed by atoms with Crippen molar-refractivity contribution in [2.24, 2.45) is 0 Å². The highest BCUT2D eigenvalue weighted by Gasteiger charge is 2.19. The van der Waals surface area contributed by atoms with Crippen LogP contribution in [0.25, 0.3) is 0 Å². The molecule has 0 aliphatic rings. The summed E-state index contributed by atoms with van der Waals surface area (Å²) in [4.78, 5) is 0. The lowest BCUT2D eigenvalue weighted by atomic mass is 9.94.